The summed E-state index contributed by atoms with van der Waals surface area (Å²) in [7, 11) is -1.10. The lowest BCUT2D eigenvalue weighted by Gasteiger charge is -2.03. The Bertz CT molecular complexity index is 390. The summed E-state index contributed by atoms with van der Waals surface area (Å²) < 4.78 is 11.9. The Morgan fingerprint density at radius 3 is 2.69 bits per heavy atom. The van der Waals surface area contributed by atoms with Gasteiger partial charge in [0.05, 0.1) is 20.7 Å². The second-order valence-electron chi connectivity index (χ2n) is 3.48. The average Bonchev–Trinajstić information content (AvgIpc) is 2.29. The Morgan fingerprint density at radius 1 is 1.38 bits per heavy atom. The van der Waals surface area contributed by atoms with Gasteiger partial charge < -0.3 is 0 Å². The third-order valence-corrected chi connectivity index (χ3v) is 4.21. The van der Waals surface area contributed by atoms with Crippen molar-refractivity contribution in [2.45, 2.75) is 31.1 Å². The van der Waals surface area contributed by atoms with Crippen LogP contribution in [0.5, 0.6) is 0 Å². The van der Waals surface area contributed by atoms with E-state index in [0.717, 1.165) is 0 Å². The fourth-order valence-electron chi connectivity index (χ4n) is 1.32. The van der Waals surface area contributed by atoms with E-state index in [1.165, 1.54) is 0 Å². The second-order valence-corrected chi connectivity index (χ2v) is 5.42. The summed E-state index contributed by atoms with van der Waals surface area (Å²) in [5.41, 5.74) is 0. The minimum absolute atomic E-state index is 0.219. The van der Waals surface area contributed by atoms with E-state index >= 15 is 0 Å². The molecule has 1 unspecified atom stereocenters. The summed E-state index contributed by atoms with van der Waals surface area (Å²) in [4.78, 5) is 11.7. The van der Waals surface area contributed by atoms with Crippen LogP contribution in [0.1, 0.15) is 26.2 Å². The molecule has 0 bridgehead atoms. The van der Waals surface area contributed by atoms with Gasteiger partial charge in [0.15, 0.2) is 0 Å². The molecule has 0 radical (unpaired) electrons. The lowest BCUT2D eigenvalue weighted by Crippen LogP contribution is -2.02. The van der Waals surface area contributed by atoms with Crippen LogP contribution in [0.2, 0.25) is 5.02 Å². The van der Waals surface area contributed by atoms with Crippen LogP contribution in [0.15, 0.2) is 29.2 Å². The lowest BCUT2D eigenvalue weighted by molar-refractivity contribution is -0.118. The van der Waals surface area contributed by atoms with Crippen molar-refractivity contribution in [3.8, 4) is 0 Å². The molecule has 0 N–H and O–H groups in total. The van der Waals surface area contributed by atoms with Crippen LogP contribution in [0.3, 0.4) is 0 Å². The van der Waals surface area contributed by atoms with Gasteiger partial charge in [0.2, 0.25) is 0 Å². The molecule has 1 atom stereocenters. The predicted molar refractivity (Wildman–Crippen MR) is 67.3 cm³/mol. The highest BCUT2D eigenvalue weighted by Crippen LogP contribution is 2.19. The summed E-state index contributed by atoms with van der Waals surface area (Å²) in [5, 5.41) is 0.530. The third kappa shape index (κ3) is 4.06. The van der Waals surface area contributed by atoms with Gasteiger partial charge >= 0.3 is 0 Å². The van der Waals surface area contributed by atoms with E-state index in [-0.39, 0.29) is 5.78 Å². The Labute approximate surface area is 103 Å². The maximum atomic E-state index is 11.9. The molecule has 0 aliphatic carbocycles. The monoisotopic (exact) mass is 258 g/mol. The third-order valence-electron chi connectivity index (χ3n) is 2.26. The molecule has 4 heteroatoms. The summed E-state index contributed by atoms with van der Waals surface area (Å²) in [6, 6.07) is 7.12. The van der Waals surface area contributed by atoms with Gasteiger partial charge in [0.25, 0.3) is 0 Å². The zero-order valence-electron chi connectivity index (χ0n) is 9.24. The molecular weight excluding hydrogens is 244 g/mol. The van der Waals surface area contributed by atoms with E-state index in [4.69, 9.17) is 11.6 Å². The van der Waals surface area contributed by atoms with E-state index in [9.17, 15) is 9.00 Å². The van der Waals surface area contributed by atoms with Gasteiger partial charge in [0, 0.05) is 18.6 Å². The fraction of sp³-hybridized carbons (Fsp3) is 0.417. The number of carbonyl (C=O) groups excluding carboxylic acids is 1. The number of ketones is 1. The fourth-order valence-corrected chi connectivity index (χ4v) is 2.85. The van der Waals surface area contributed by atoms with Crippen molar-refractivity contribution >= 4 is 28.2 Å². The van der Waals surface area contributed by atoms with E-state index < -0.39 is 10.8 Å². The van der Waals surface area contributed by atoms with Gasteiger partial charge in [-0.15, -0.1) is 0 Å². The number of Topliss-reactive ketones (excluding diaryl/α,β-unsaturated/α-hetero) is 1. The van der Waals surface area contributed by atoms with Crippen molar-refractivity contribution in [2.24, 2.45) is 0 Å². The summed E-state index contributed by atoms with van der Waals surface area (Å²) in [6.07, 6.45) is 1.72. The predicted octanol–water partition coefficient (Wildman–Crippen LogP) is 3.21. The van der Waals surface area contributed by atoms with Gasteiger partial charge in [-0.25, -0.2) is 0 Å². The molecule has 1 aromatic rings. The van der Waals surface area contributed by atoms with Gasteiger partial charge in [0.1, 0.15) is 5.78 Å². The zero-order valence-corrected chi connectivity index (χ0v) is 10.8. The Kier molecular flexibility index (Phi) is 5.71. The van der Waals surface area contributed by atoms with Crippen LogP contribution in [0.4, 0.5) is 0 Å². The number of carbonyl (C=O) groups is 1. The quantitative estimate of drug-likeness (QED) is 0.785. The lowest BCUT2D eigenvalue weighted by atomic mass is 10.2. The minimum atomic E-state index is -1.10. The summed E-state index contributed by atoms with van der Waals surface area (Å²) in [6.45, 7) is 1.84. The van der Waals surface area contributed by atoms with Gasteiger partial charge in [-0.3, -0.25) is 9.00 Å². The van der Waals surface area contributed by atoms with E-state index in [0.29, 0.717) is 34.9 Å². The van der Waals surface area contributed by atoms with Crippen LogP contribution in [-0.4, -0.2) is 15.7 Å². The molecule has 1 rings (SSSR count). The molecule has 88 valence electrons. The van der Waals surface area contributed by atoms with Crippen molar-refractivity contribution in [3.63, 3.8) is 0 Å². The molecule has 0 saturated carbocycles. The Balaban J connectivity index is 2.47. The molecule has 16 heavy (non-hydrogen) atoms. The molecule has 1 aromatic carbocycles. The summed E-state index contributed by atoms with van der Waals surface area (Å²) >= 11 is 5.93. The van der Waals surface area contributed by atoms with Crippen molar-refractivity contribution in [3.05, 3.63) is 29.3 Å². The normalized spacial score (nSPS) is 12.4. The van der Waals surface area contributed by atoms with E-state index in [2.05, 4.69) is 0 Å². The first kappa shape index (κ1) is 13.4. The molecule has 0 aliphatic heterocycles. The highest BCUT2D eigenvalue weighted by atomic mass is 35.5. The first-order chi connectivity index (χ1) is 7.65. The number of hydrogen-bond acceptors (Lipinski definition) is 2. The largest absolute Gasteiger partial charge is 0.300 e. The highest BCUT2D eigenvalue weighted by molar-refractivity contribution is 7.85. The molecule has 0 heterocycles. The average molecular weight is 259 g/mol. The molecular formula is C12H15ClO2S. The molecule has 0 spiro atoms. The van der Waals surface area contributed by atoms with Crippen LogP contribution in [0, 0.1) is 0 Å². The molecule has 2 nitrogen and oxygen atoms in total. The number of hydrogen-bond donors (Lipinski definition) is 0. The molecule has 0 amide bonds. The van der Waals surface area contributed by atoms with E-state index in [1.54, 1.807) is 12.1 Å². The van der Waals surface area contributed by atoms with Gasteiger partial charge in [-0.1, -0.05) is 30.7 Å². The maximum Gasteiger partial charge on any atom is 0.132 e. The van der Waals surface area contributed by atoms with Crippen LogP contribution >= 0.6 is 11.6 Å². The first-order valence-corrected chi connectivity index (χ1v) is 6.99. The Morgan fingerprint density at radius 2 is 2.06 bits per heavy atom. The molecule has 0 aliphatic rings. The van der Waals surface area contributed by atoms with Crippen molar-refractivity contribution < 1.29 is 9.00 Å². The van der Waals surface area contributed by atoms with E-state index in [1.807, 2.05) is 19.1 Å². The maximum absolute atomic E-state index is 11.9. The SMILES string of the molecule is CCC(=O)CCCS(=O)c1ccccc1Cl. The van der Waals surface area contributed by atoms with Crippen LogP contribution in [-0.2, 0) is 15.6 Å². The highest BCUT2D eigenvalue weighted by Gasteiger charge is 2.08. The molecule has 0 aromatic heterocycles. The number of benzene rings is 1. The first-order valence-electron chi connectivity index (χ1n) is 5.29. The zero-order chi connectivity index (χ0) is 12.0. The molecule has 0 saturated heterocycles. The second kappa shape index (κ2) is 6.81. The standard InChI is InChI=1S/C12H15ClO2S/c1-2-10(14)6-5-9-16(15)12-8-4-3-7-11(12)13/h3-4,7-8H,2,5-6,9H2,1H3. The minimum Gasteiger partial charge on any atom is -0.300 e. The topological polar surface area (TPSA) is 34.1 Å². The summed E-state index contributed by atoms with van der Waals surface area (Å²) in [5.74, 6) is 0.714. The smallest absolute Gasteiger partial charge is 0.132 e. The molecule has 0 fully saturated rings. The van der Waals surface area contributed by atoms with Gasteiger partial charge in [-0.05, 0) is 18.6 Å². The van der Waals surface area contributed by atoms with Gasteiger partial charge in [-0.2, -0.15) is 0 Å². The van der Waals surface area contributed by atoms with Crippen molar-refractivity contribution in [1.29, 1.82) is 0 Å². The van der Waals surface area contributed by atoms with Crippen LogP contribution in [0.25, 0.3) is 0 Å². The van der Waals surface area contributed by atoms with Crippen LogP contribution < -0.4 is 0 Å². The number of rotatable bonds is 6. The Hall–Kier alpha value is -0.670. The number of halogens is 1. The van der Waals surface area contributed by atoms with Crippen molar-refractivity contribution in [1.82, 2.24) is 0 Å². The van der Waals surface area contributed by atoms with Crippen molar-refractivity contribution in [2.75, 3.05) is 5.75 Å².